The third-order valence-electron chi connectivity index (χ3n) is 4.37. The third kappa shape index (κ3) is 2.48. The molecule has 21 heavy (non-hydrogen) atoms. The van der Waals surface area contributed by atoms with E-state index in [4.69, 9.17) is 22.1 Å². The lowest BCUT2D eigenvalue weighted by Gasteiger charge is -2.17. The fourth-order valence-corrected chi connectivity index (χ4v) is 3.50. The molecule has 112 valence electrons. The lowest BCUT2D eigenvalue weighted by molar-refractivity contribution is 0.406. The SMILES string of the molecule is COc1c(Cl)cc(-c2cnn(C)c2N)cc1C1CCCC1. The van der Waals surface area contributed by atoms with Crippen LogP contribution in [0.5, 0.6) is 5.75 Å². The molecule has 2 N–H and O–H groups in total. The van der Waals surface area contributed by atoms with Gasteiger partial charge < -0.3 is 10.5 Å². The number of methoxy groups -OCH3 is 1. The topological polar surface area (TPSA) is 53.1 Å². The van der Waals surface area contributed by atoms with Crippen LogP contribution in [-0.2, 0) is 7.05 Å². The predicted molar refractivity (Wildman–Crippen MR) is 85.8 cm³/mol. The Morgan fingerprint density at radius 1 is 1.33 bits per heavy atom. The van der Waals surface area contributed by atoms with Gasteiger partial charge in [-0.1, -0.05) is 24.4 Å². The maximum atomic E-state index is 6.43. The monoisotopic (exact) mass is 305 g/mol. The number of aryl methyl sites for hydroxylation is 1. The standard InChI is InChI=1S/C16H20ClN3O/c1-20-16(18)13(9-19-20)11-7-12(10-5-3-4-6-10)15(21-2)14(17)8-11/h7-10H,3-6,18H2,1-2H3. The van der Waals surface area contributed by atoms with Gasteiger partial charge in [0, 0.05) is 12.6 Å². The summed E-state index contributed by atoms with van der Waals surface area (Å²) in [6.07, 6.45) is 6.71. The number of halogens is 1. The minimum absolute atomic E-state index is 0.523. The molecule has 1 heterocycles. The van der Waals surface area contributed by atoms with Gasteiger partial charge in [-0.25, -0.2) is 0 Å². The Bertz CT molecular complexity index is 660. The zero-order valence-corrected chi connectivity index (χ0v) is 13.2. The van der Waals surface area contributed by atoms with Gasteiger partial charge in [0.2, 0.25) is 0 Å². The first-order valence-corrected chi connectivity index (χ1v) is 7.65. The van der Waals surface area contributed by atoms with Gasteiger partial charge >= 0.3 is 0 Å². The summed E-state index contributed by atoms with van der Waals surface area (Å²) in [4.78, 5) is 0. The molecule has 4 nitrogen and oxygen atoms in total. The Kier molecular flexibility index (Phi) is 3.81. The predicted octanol–water partition coefficient (Wildman–Crippen LogP) is 3.99. The molecule has 1 aromatic heterocycles. The van der Waals surface area contributed by atoms with Gasteiger partial charge in [-0.2, -0.15) is 5.10 Å². The summed E-state index contributed by atoms with van der Waals surface area (Å²) < 4.78 is 7.20. The van der Waals surface area contributed by atoms with Gasteiger partial charge in [0.05, 0.1) is 18.3 Å². The van der Waals surface area contributed by atoms with E-state index < -0.39 is 0 Å². The summed E-state index contributed by atoms with van der Waals surface area (Å²) in [6, 6.07) is 4.07. The molecule has 0 spiro atoms. The molecule has 2 aromatic rings. The molecule has 5 heteroatoms. The van der Waals surface area contributed by atoms with E-state index in [0.717, 1.165) is 16.9 Å². The number of anilines is 1. The first-order chi connectivity index (χ1) is 10.1. The normalized spacial score (nSPS) is 15.6. The lowest BCUT2D eigenvalue weighted by atomic mass is 9.93. The molecule has 0 bridgehead atoms. The van der Waals surface area contributed by atoms with Gasteiger partial charge in [-0.3, -0.25) is 4.68 Å². The molecule has 1 aliphatic rings. The highest BCUT2D eigenvalue weighted by atomic mass is 35.5. The quantitative estimate of drug-likeness (QED) is 0.933. The van der Waals surface area contributed by atoms with E-state index in [1.807, 2.05) is 13.1 Å². The number of hydrogen-bond donors (Lipinski definition) is 1. The van der Waals surface area contributed by atoms with E-state index in [1.165, 1.54) is 31.2 Å². The van der Waals surface area contributed by atoms with Crippen LogP contribution >= 0.6 is 11.6 Å². The van der Waals surface area contributed by atoms with Crippen LogP contribution in [0, 0.1) is 0 Å². The van der Waals surface area contributed by atoms with Crippen LogP contribution in [0.3, 0.4) is 0 Å². The Balaban J connectivity index is 2.12. The fourth-order valence-electron chi connectivity index (χ4n) is 3.20. The number of rotatable bonds is 3. The van der Waals surface area contributed by atoms with Crippen molar-refractivity contribution in [2.45, 2.75) is 31.6 Å². The highest BCUT2D eigenvalue weighted by molar-refractivity contribution is 6.32. The van der Waals surface area contributed by atoms with Crippen molar-refractivity contribution in [3.8, 4) is 16.9 Å². The summed E-state index contributed by atoms with van der Waals surface area (Å²) in [7, 11) is 3.51. The van der Waals surface area contributed by atoms with Gasteiger partial charge in [0.15, 0.2) is 0 Å². The summed E-state index contributed by atoms with van der Waals surface area (Å²) in [6.45, 7) is 0. The molecule has 0 unspecified atom stereocenters. The molecule has 0 saturated heterocycles. The summed E-state index contributed by atoms with van der Waals surface area (Å²) >= 11 is 6.43. The van der Waals surface area contributed by atoms with E-state index in [2.05, 4.69) is 11.2 Å². The highest BCUT2D eigenvalue weighted by Crippen LogP contribution is 2.44. The Hall–Kier alpha value is -1.68. The molecule has 0 aliphatic heterocycles. The Morgan fingerprint density at radius 2 is 2.05 bits per heavy atom. The van der Waals surface area contributed by atoms with Crippen molar-refractivity contribution in [2.75, 3.05) is 12.8 Å². The Morgan fingerprint density at radius 3 is 2.62 bits per heavy atom. The minimum atomic E-state index is 0.523. The van der Waals surface area contributed by atoms with Crippen molar-refractivity contribution in [1.82, 2.24) is 9.78 Å². The van der Waals surface area contributed by atoms with Crippen molar-refractivity contribution in [3.63, 3.8) is 0 Å². The summed E-state index contributed by atoms with van der Waals surface area (Å²) in [5.74, 6) is 1.97. The average molecular weight is 306 g/mol. The van der Waals surface area contributed by atoms with Crippen molar-refractivity contribution < 1.29 is 4.74 Å². The van der Waals surface area contributed by atoms with Crippen molar-refractivity contribution in [1.29, 1.82) is 0 Å². The second-order valence-electron chi connectivity index (χ2n) is 5.63. The number of aromatic nitrogens is 2. The molecular formula is C16H20ClN3O. The number of nitrogens with two attached hydrogens (primary N) is 1. The van der Waals surface area contributed by atoms with Crippen molar-refractivity contribution in [3.05, 3.63) is 28.9 Å². The van der Waals surface area contributed by atoms with Gasteiger partial charge in [0.25, 0.3) is 0 Å². The molecule has 1 aliphatic carbocycles. The smallest absolute Gasteiger partial charge is 0.140 e. The zero-order chi connectivity index (χ0) is 15.0. The zero-order valence-electron chi connectivity index (χ0n) is 12.4. The highest BCUT2D eigenvalue weighted by Gasteiger charge is 2.23. The van der Waals surface area contributed by atoms with E-state index in [-0.39, 0.29) is 0 Å². The molecule has 1 fully saturated rings. The van der Waals surface area contributed by atoms with Crippen molar-refractivity contribution >= 4 is 17.4 Å². The second kappa shape index (κ2) is 5.60. The number of nitrogen functional groups attached to an aromatic ring is 1. The van der Waals surface area contributed by atoms with Crippen LogP contribution in [0.4, 0.5) is 5.82 Å². The van der Waals surface area contributed by atoms with Crippen LogP contribution in [0.25, 0.3) is 11.1 Å². The maximum absolute atomic E-state index is 6.43. The van der Waals surface area contributed by atoms with Gasteiger partial charge in [-0.05, 0) is 42.0 Å². The van der Waals surface area contributed by atoms with Crippen LogP contribution in [-0.4, -0.2) is 16.9 Å². The molecule has 0 atom stereocenters. The minimum Gasteiger partial charge on any atom is -0.495 e. The molecule has 1 aromatic carbocycles. The second-order valence-corrected chi connectivity index (χ2v) is 6.04. The van der Waals surface area contributed by atoms with E-state index in [1.54, 1.807) is 18.0 Å². The van der Waals surface area contributed by atoms with Crippen LogP contribution in [0.15, 0.2) is 18.3 Å². The largest absolute Gasteiger partial charge is 0.495 e. The first-order valence-electron chi connectivity index (χ1n) is 7.27. The summed E-state index contributed by atoms with van der Waals surface area (Å²) in [5.41, 5.74) is 9.21. The molecular weight excluding hydrogens is 286 g/mol. The number of nitrogens with zero attached hydrogens (tertiary/aromatic N) is 2. The Labute approximate surface area is 129 Å². The van der Waals surface area contributed by atoms with E-state index in [0.29, 0.717) is 16.8 Å². The fraction of sp³-hybridized carbons (Fsp3) is 0.438. The van der Waals surface area contributed by atoms with Gasteiger partial charge in [0.1, 0.15) is 11.6 Å². The van der Waals surface area contributed by atoms with Crippen LogP contribution in [0.1, 0.15) is 37.2 Å². The van der Waals surface area contributed by atoms with E-state index in [9.17, 15) is 0 Å². The van der Waals surface area contributed by atoms with Crippen molar-refractivity contribution in [2.24, 2.45) is 7.05 Å². The number of hydrogen-bond acceptors (Lipinski definition) is 3. The number of ether oxygens (including phenoxy) is 1. The molecule has 1 saturated carbocycles. The third-order valence-corrected chi connectivity index (χ3v) is 4.65. The maximum Gasteiger partial charge on any atom is 0.140 e. The first kappa shape index (κ1) is 14.3. The van der Waals surface area contributed by atoms with Crippen LogP contribution < -0.4 is 10.5 Å². The summed E-state index contributed by atoms with van der Waals surface area (Å²) in [5, 5.41) is 4.85. The van der Waals surface area contributed by atoms with Crippen LogP contribution in [0.2, 0.25) is 5.02 Å². The average Bonchev–Trinajstić information content (AvgIpc) is 3.10. The lowest BCUT2D eigenvalue weighted by Crippen LogP contribution is -2.00. The molecule has 0 amide bonds. The number of benzene rings is 1. The van der Waals surface area contributed by atoms with Gasteiger partial charge in [-0.15, -0.1) is 0 Å². The molecule has 0 radical (unpaired) electrons. The van der Waals surface area contributed by atoms with E-state index >= 15 is 0 Å². The molecule has 3 rings (SSSR count).